The number of nitrogens with one attached hydrogen (secondary N) is 1. The maximum absolute atomic E-state index is 11.2. The summed E-state index contributed by atoms with van der Waals surface area (Å²) in [4.78, 5) is 11.2. The number of carbonyl (C=O) groups is 1. The third-order valence-corrected chi connectivity index (χ3v) is 5.45. The predicted octanol–water partition coefficient (Wildman–Crippen LogP) is 4.27. The van der Waals surface area contributed by atoms with E-state index in [0.29, 0.717) is 18.2 Å². The lowest BCUT2D eigenvalue weighted by atomic mass is 9.85. The summed E-state index contributed by atoms with van der Waals surface area (Å²) in [5.41, 5.74) is 7.14. The van der Waals surface area contributed by atoms with Crippen LogP contribution in [-0.2, 0) is 6.42 Å². The van der Waals surface area contributed by atoms with Gasteiger partial charge in [-0.2, -0.15) is 0 Å². The van der Waals surface area contributed by atoms with Gasteiger partial charge in [0, 0.05) is 17.2 Å². The van der Waals surface area contributed by atoms with Gasteiger partial charge in [-0.05, 0) is 54.0 Å². The molecule has 26 heavy (non-hydrogen) atoms. The summed E-state index contributed by atoms with van der Waals surface area (Å²) in [7, 11) is 0. The molecule has 4 nitrogen and oxygen atoms in total. The van der Waals surface area contributed by atoms with Crippen molar-refractivity contribution >= 4 is 11.8 Å². The molecule has 0 aromatic heterocycles. The van der Waals surface area contributed by atoms with Gasteiger partial charge in [-0.3, -0.25) is 0 Å². The molecule has 0 saturated carbocycles. The molecule has 0 saturated heterocycles. The molecule has 0 bridgehead atoms. The highest BCUT2D eigenvalue weighted by Crippen LogP contribution is 2.47. The largest absolute Gasteiger partial charge is 0.530 e. The minimum Gasteiger partial charge on any atom is -0.530 e. The lowest BCUT2D eigenvalue weighted by Crippen LogP contribution is -2.29. The Balaban J connectivity index is 2.12. The normalized spacial score (nSPS) is 15.7. The van der Waals surface area contributed by atoms with Crippen molar-refractivity contribution in [3.8, 4) is 5.75 Å². The standard InChI is InChI=1S/C22H27NO3/c1-6-17-13(4)20(23-22(24)25)14(5)19-18(11-26-21(17)19)16-9-7-15(8-10-16)12(2)3/h7-10,12,18,23H,6,11H2,1-5H3,(H,24,25)/p-1. The van der Waals surface area contributed by atoms with Crippen molar-refractivity contribution in [1.82, 2.24) is 0 Å². The lowest BCUT2D eigenvalue weighted by Gasteiger charge is -2.22. The quantitative estimate of drug-likeness (QED) is 0.894. The van der Waals surface area contributed by atoms with Crippen LogP contribution >= 0.6 is 0 Å². The SMILES string of the molecule is CCc1c(C)c(NC(=O)[O-])c(C)c2c1OCC2c1ccc(C(C)C)cc1. The Labute approximate surface area is 155 Å². The lowest BCUT2D eigenvalue weighted by molar-refractivity contribution is -0.242. The fourth-order valence-corrected chi connectivity index (χ4v) is 4.00. The number of fused-ring (bicyclic) bond motifs is 1. The average molecular weight is 352 g/mol. The third-order valence-electron chi connectivity index (χ3n) is 5.45. The molecule has 1 heterocycles. The van der Waals surface area contributed by atoms with Gasteiger partial charge in [-0.25, -0.2) is 0 Å². The molecule has 1 amide bonds. The number of hydrogen-bond acceptors (Lipinski definition) is 3. The molecule has 0 fully saturated rings. The summed E-state index contributed by atoms with van der Waals surface area (Å²) in [6.45, 7) is 10.9. The van der Waals surface area contributed by atoms with Crippen LogP contribution in [0.4, 0.5) is 10.5 Å². The molecule has 138 valence electrons. The second kappa shape index (κ2) is 7.02. The van der Waals surface area contributed by atoms with Crippen LogP contribution < -0.4 is 15.2 Å². The summed E-state index contributed by atoms with van der Waals surface area (Å²) in [5.74, 6) is 1.52. The maximum atomic E-state index is 11.2. The Kier molecular flexibility index (Phi) is 4.94. The topological polar surface area (TPSA) is 61.4 Å². The van der Waals surface area contributed by atoms with Crippen molar-refractivity contribution in [2.24, 2.45) is 0 Å². The molecule has 0 spiro atoms. The highest BCUT2D eigenvalue weighted by atomic mass is 16.5. The first-order chi connectivity index (χ1) is 12.3. The molecule has 3 rings (SSSR count). The molecule has 1 atom stereocenters. The van der Waals surface area contributed by atoms with E-state index in [2.05, 4.69) is 50.4 Å². The summed E-state index contributed by atoms with van der Waals surface area (Å²) >= 11 is 0. The van der Waals surface area contributed by atoms with Crippen LogP contribution in [0.1, 0.15) is 66.0 Å². The van der Waals surface area contributed by atoms with Crippen molar-refractivity contribution < 1.29 is 14.6 Å². The van der Waals surface area contributed by atoms with Gasteiger partial charge in [0.2, 0.25) is 0 Å². The number of carbonyl (C=O) groups excluding carboxylic acids is 1. The summed E-state index contributed by atoms with van der Waals surface area (Å²) in [6.07, 6.45) is -0.496. The first-order valence-corrected chi connectivity index (χ1v) is 9.21. The zero-order valence-corrected chi connectivity index (χ0v) is 16.1. The van der Waals surface area contributed by atoms with E-state index in [1.807, 2.05) is 13.8 Å². The van der Waals surface area contributed by atoms with Crippen LogP contribution in [0.25, 0.3) is 0 Å². The van der Waals surface area contributed by atoms with Crippen molar-refractivity contribution in [1.29, 1.82) is 0 Å². The Hall–Kier alpha value is -2.49. The van der Waals surface area contributed by atoms with E-state index in [1.165, 1.54) is 11.1 Å². The maximum Gasteiger partial charge on any atom is 0.138 e. The molecular formula is C22H26NO3-. The monoisotopic (exact) mass is 352 g/mol. The molecule has 1 aliphatic heterocycles. The first kappa shape index (κ1) is 18.3. The van der Waals surface area contributed by atoms with E-state index in [-0.39, 0.29) is 5.92 Å². The second-order valence-electron chi connectivity index (χ2n) is 7.30. The number of amides is 1. The average Bonchev–Trinajstić information content (AvgIpc) is 3.04. The molecule has 0 aliphatic carbocycles. The fraction of sp³-hybridized carbons (Fsp3) is 0.409. The Bertz CT molecular complexity index is 838. The van der Waals surface area contributed by atoms with Gasteiger partial charge in [0.05, 0.1) is 6.61 Å². The van der Waals surface area contributed by atoms with Gasteiger partial charge in [-0.1, -0.05) is 45.0 Å². The van der Waals surface area contributed by atoms with Gasteiger partial charge in [0.1, 0.15) is 11.8 Å². The van der Waals surface area contributed by atoms with E-state index in [4.69, 9.17) is 4.74 Å². The molecule has 2 aromatic carbocycles. The molecule has 0 radical (unpaired) electrons. The van der Waals surface area contributed by atoms with Gasteiger partial charge in [-0.15, -0.1) is 0 Å². The van der Waals surface area contributed by atoms with E-state index in [0.717, 1.165) is 34.4 Å². The molecule has 1 aliphatic rings. The van der Waals surface area contributed by atoms with Crippen LogP contribution in [0.5, 0.6) is 5.75 Å². The summed E-state index contributed by atoms with van der Waals surface area (Å²) < 4.78 is 6.10. The highest BCUT2D eigenvalue weighted by molar-refractivity contribution is 5.86. The number of benzene rings is 2. The molecule has 1 N–H and O–H groups in total. The molecule has 2 aromatic rings. The Morgan fingerprint density at radius 1 is 1.23 bits per heavy atom. The number of ether oxygens (including phenoxy) is 1. The molecular weight excluding hydrogens is 326 g/mol. The van der Waals surface area contributed by atoms with Crippen LogP contribution in [-0.4, -0.2) is 12.7 Å². The van der Waals surface area contributed by atoms with Crippen LogP contribution in [0.2, 0.25) is 0 Å². The zero-order valence-electron chi connectivity index (χ0n) is 16.1. The third kappa shape index (κ3) is 3.05. The number of hydrogen-bond donors (Lipinski definition) is 1. The van der Waals surface area contributed by atoms with Crippen molar-refractivity contribution in [2.75, 3.05) is 11.9 Å². The number of carboxylic acid groups (broad SMARTS) is 1. The fourth-order valence-electron chi connectivity index (χ4n) is 4.00. The highest BCUT2D eigenvalue weighted by Gasteiger charge is 2.32. The van der Waals surface area contributed by atoms with Gasteiger partial charge in [0.15, 0.2) is 0 Å². The summed E-state index contributed by atoms with van der Waals surface area (Å²) in [5, 5.41) is 13.7. The molecule has 1 unspecified atom stereocenters. The molecule has 4 heteroatoms. The zero-order chi connectivity index (χ0) is 19.0. The van der Waals surface area contributed by atoms with Crippen LogP contribution in [0, 0.1) is 13.8 Å². The van der Waals surface area contributed by atoms with Gasteiger partial charge < -0.3 is 20.0 Å². The van der Waals surface area contributed by atoms with Crippen molar-refractivity contribution in [3.05, 3.63) is 57.6 Å². The van der Waals surface area contributed by atoms with Gasteiger partial charge in [0.25, 0.3) is 0 Å². The minimum absolute atomic E-state index is 0.111. The van der Waals surface area contributed by atoms with Gasteiger partial charge >= 0.3 is 0 Å². The Morgan fingerprint density at radius 2 is 1.88 bits per heavy atom. The smallest absolute Gasteiger partial charge is 0.138 e. The van der Waals surface area contributed by atoms with Crippen molar-refractivity contribution in [2.45, 2.75) is 52.9 Å². The van der Waals surface area contributed by atoms with Crippen LogP contribution in [0.3, 0.4) is 0 Å². The Morgan fingerprint density at radius 3 is 2.42 bits per heavy atom. The second-order valence-corrected chi connectivity index (χ2v) is 7.30. The van der Waals surface area contributed by atoms with E-state index in [1.54, 1.807) is 0 Å². The van der Waals surface area contributed by atoms with Crippen LogP contribution in [0.15, 0.2) is 24.3 Å². The summed E-state index contributed by atoms with van der Waals surface area (Å²) in [6, 6.07) is 8.66. The number of anilines is 1. The van der Waals surface area contributed by atoms with Crippen molar-refractivity contribution in [3.63, 3.8) is 0 Å². The first-order valence-electron chi connectivity index (χ1n) is 9.21. The van der Waals surface area contributed by atoms with E-state index >= 15 is 0 Å². The number of rotatable bonds is 4. The predicted molar refractivity (Wildman–Crippen MR) is 102 cm³/mol. The van der Waals surface area contributed by atoms with E-state index < -0.39 is 6.09 Å². The minimum atomic E-state index is -1.28. The van der Waals surface area contributed by atoms with E-state index in [9.17, 15) is 9.90 Å².